The molecule has 1 aliphatic rings. The topological polar surface area (TPSA) is 16.4 Å². The molecule has 71 heavy (non-hydrogen) atoms. The molecule has 0 spiro atoms. The molecule has 0 fully saturated rings. The molecule has 1 heterocycles. The van der Waals surface area contributed by atoms with Gasteiger partial charge in [-0.1, -0.05) is 209 Å². The Morgan fingerprint density at radius 2 is 0.930 bits per heavy atom. The van der Waals surface area contributed by atoms with Crippen LogP contribution in [-0.4, -0.2) is 62.8 Å². The van der Waals surface area contributed by atoms with E-state index in [9.17, 15) is 0 Å². The van der Waals surface area contributed by atoms with Gasteiger partial charge in [0.25, 0.3) is 0 Å². The number of furan rings is 1. The summed E-state index contributed by atoms with van der Waals surface area (Å²) in [7, 11) is 18.8. The first-order valence-electron chi connectivity index (χ1n) is 25.2. The van der Waals surface area contributed by atoms with Crippen LogP contribution in [0.1, 0.15) is 25.0 Å². The second-order valence-electron chi connectivity index (χ2n) is 20.6. The molecule has 12 rings (SSSR count). The maximum atomic E-state index is 6.73. The van der Waals surface area contributed by atoms with Gasteiger partial charge >= 0.3 is 0 Å². The lowest BCUT2D eigenvalue weighted by Crippen LogP contribution is -2.50. The minimum absolute atomic E-state index is 0.141. The molecule has 330 valence electrons. The van der Waals surface area contributed by atoms with Crippen LogP contribution in [0.15, 0.2) is 180 Å². The fourth-order valence-electron chi connectivity index (χ4n) is 12.6. The Balaban J connectivity index is 1.08. The summed E-state index contributed by atoms with van der Waals surface area (Å²) < 4.78 is 6.73. The molecular weight excluding hydrogens is 849 g/mol. The smallest absolute Gasteiger partial charge is 0.143 e. The van der Waals surface area contributed by atoms with Gasteiger partial charge in [0.1, 0.15) is 73.9 Å². The summed E-state index contributed by atoms with van der Waals surface area (Å²) in [5.74, 6) is 0. The van der Waals surface area contributed by atoms with Crippen molar-refractivity contribution in [2.45, 2.75) is 19.3 Å². The van der Waals surface area contributed by atoms with Gasteiger partial charge in [-0.3, -0.25) is 0 Å². The SMILES string of the molecule is Bc1c(B)c(N(c2cccc(-c3cccc4oc5c6ccccc6ccc5c34)c2)c2c(B)c(B)c(-c3cccc4c3C(C)(C)c3ccccc3-4)c(B)c2B)c(B)c(B)c1-c1ccc(-c2ccccc2)cc1. The predicted octanol–water partition coefficient (Wildman–Crippen LogP) is 3.25. The van der Waals surface area contributed by atoms with Gasteiger partial charge in [0, 0.05) is 38.6 Å². The molecule has 10 aromatic carbocycles. The summed E-state index contributed by atoms with van der Waals surface area (Å²) in [6.45, 7) is 4.81. The molecule has 0 unspecified atom stereocenters. The van der Waals surface area contributed by atoms with E-state index in [2.05, 4.69) is 257 Å². The van der Waals surface area contributed by atoms with Crippen molar-refractivity contribution in [2.24, 2.45) is 0 Å². The van der Waals surface area contributed by atoms with E-state index in [0.717, 1.165) is 44.1 Å². The third-order valence-electron chi connectivity index (χ3n) is 16.6. The first-order chi connectivity index (χ1) is 34.3. The highest BCUT2D eigenvalue weighted by Gasteiger charge is 2.38. The Labute approximate surface area is 425 Å². The summed E-state index contributed by atoms with van der Waals surface area (Å²) >= 11 is 0. The van der Waals surface area contributed by atoms with E-state index < -0.39 is 0 Å². The van der Waals surface area contributed by atoms with E-state index in [1.165, 1.54) is 116 Å². The largest absolute Gasteiger partial charge is 0.455 e. The highest BCUT2D eigenvalue weighted by molar-refractivity contribution is 6.65. The van der Waals surface area contributed by atoms with E-state index in [4.69, 9.17) is 4.42 Å². The molecule has 2 nitrogen and oxygen atoms in total. The molecule has 0 N–H and O–H groups in total. The lowest BCUT2D eigenvalue weighted by Gasteiger charge is -2.37. The van der Waals surface area contributed by atoms with Crippen molar-refractivity contribution in [1.29, 1.82) is 0 Å². The molecule has 1 aromatic heterocycles. The van der Waals surface area contributed by atoms with Crippen molar-refractivity contribution in [1.82, 2.24) is 0 Å². The molecule has 0 saturated carbocycles. The van der Waals surface area contributed by atoms with Crippen molar-refractivity contribution in [3.05, 3.63) is 187 Å². The fraction of sp³-hybridized carbons (Fsp3) is 0.0492. The van der Waals surface area contributed by atoms with Crippen LogP contribution in [0.3, 0.4) is 0 Å². The van der Waals surface area contributed by atoms with Gasteiger partial charge in [-0.25, -0.2) is 0 Å². The van der Waals surface area contributed by atoms with Crippen LogP contribution >= 0.6 is 0 Å². The molecule has 0 saturated heterocycles. The van der Waals surface area contributed by atoms with Crippen molar-refractivity contribution >= 4 is 156 Å². The number of hydrogen-bond donors (Lipinski definition) is 0. The number of hydrogen-bond acceptors (Lipinski definition) is 2. The molecule has 0 bridgehead atoms. The first-order valence-corrected chi connectivity index (χ1v) is 25.2. The Kier molecular flexibility index (Phi) is 10.6. The van der Waals surface area contributed by atoms with E-state index in [0.29, 0.717) is 0 Å². The monoisotopic (exact) mass is 901 g/mol. The molecule has 1 aliphatic carbocycles. The van der Waals surface area contributed by atoms with E-state index in [1.807, 2.05) is 0 Å². The normalized spacial score (nSPS) is 12.6. The van der Waals surface area contributed by atoms with Crippen LogP contribution in [0.2, 0.25) is 0 Å². The molecular formula is C61H51B8NO. The fourth-order valence-corrected chi connectivity index (χ4v) is 12.6. The van der Waals surface area contributed by atoms with Gasteiger partial charge in [0.2, 0.25) is 0 Å². The van der Waals surface area contributed by atoms with Gasteiger partial charge in [-0.2, -0.15) is 0 Å². The lowest BCUT2D eigenvalue weighted by molar-refractivity contribution is 0.662. The average Bonchev–Trinajstić information content (AvgIpc) is 3.90. The summed E-state index contributed by atoms with van der Waals surface area (Å²) in [5.41, 5.74) is 31.1. The van der Waals surface area contributed by atoms with Crippen LogP contribution in [0.5, 0.6) is 0 Å². The van der Waals surface area contributed by atoms with Gasteiger partial charge in [-0.05, 0) is 96.4 Å². The highest BCUT2D eigenvalue weighted by Crippen LogP contribution is 2.52. The Bertz CT molecular complexity index is 3950. The zero-order valence-electron chi connectivity index (χ0n) is 42.6. The number of rotatable bonds is 7. The zero-order chi connectivity index (χ0) is 49.0. The Morgan fingerprint density at radius 1 is 0.394 bits per heavy atom. The van der Waals surface area contributed by atoms with E-state index >= 15 is 0 Å². The molecule has 0 aliphatic heterocycles. The predicted molar refractivity (Wildman–Crippen MR) is 331 cm³/mol. The number of fused-ring (bicyclic) bond motifs is 8. The van der Waals surface area contributed by atoms with E-state index in [1.54, 1.807) is 0 Å². The molecule has 0 atom stereocenters. The minimum atomic E-state index is -0.141. The first kappa shape index (κ1) is 44.8. The van der Waals surface area contributed by atoms with Crippen molar-refractivity contribution in [3.63, 3.8) is 0 Å². The van der Waals surface area contributed by atoms with Crippen LogP contribution in [-0.2, 0) is 5.41 Å². The van der Waals surface area contributed by atoms with Crippen LogP contribution < -0.4 is 48.6 Å². The second kappa shape index (κ2) is 16.9. The van der Waals surface area contributed by atoms with Gasteiger partial charge < -0.3 is 9.32 Å². The third-order valence-corrected chi connectivity index (χ3v) is 16.6. The maximum absolute atomic E-state index is 6.73. The molecule has 0 amide bonds. The highest BCUT2D eigenvalue weighted by atomic mass is 16.3. The lowest BCUT2D eigenvalue weighted by atomic mass is 9.62. The number of benzene rings is 10. The zero-order valence-corrected chi connectivity index (χ0v) is 42.6. The summed E-state index contributed by atoms with van der Waals surface area (Å²) in [6, 6.07) is 64.5. The number of nitrogens with zero attached hydrogens (tertiary/aromatic N) is 1. The Hall–Kier alpha value is -7.42. The average molecular weight is 901 g/mol. The van der Waals surface area contributed by atoms with Crippen LogP contribution in [0, 0.1) is 0 Å². The maximum Gasteiger partial charge on any atom is 0.143 e. The summed E-state index contributed by atoms with van der Waals surface area (Å²) in [6.07, 6.45) is 0. The quantitative estimate of drug-likeness (QED) is 0.229. The second-order valence-corrected chi connectivity index (χ2v) is 20.6. The minimum Gasteiger partial charge on any atom is -0.455 e. The van der Waals surface area contributed by atoms with Crippen molar-refractivity contribution in [3.8, 4) is 55.6 Å². The molecule has 11 aromatic rings. The summed E-state index contributed by atoms with van der Waals surface area (Å²) in [4.78, 5) is 2.61. The van der Waals surface area contributed by atoms with Crippen molar-refractivity contribution < 1.29 is 4.42 Å². The van der Waals surface area contributed by atoms with Crippen molar-refractivity contribution in [2.75, 3.05) is 4.90 Å². The van der Waals surface area contributed by atoms with E-state index in [-0.39, 0.29) is 5.41 Å². The van der Waals surface area contributed by atoms with Gasteiger partial charge in [-0.15, -0.1) is 0 Å². The summed E-state index contributed by atoms with van der Waals surface area (Å²) in [5, 5.41) is 4.59. The van der Waals surface area contributed by atoms with Crippen LogP contribution in [0.4, 0.5) is 17.1 Å². The van der Waals surface area contributed by atoms with Gasteiger partial charge in [0.15, 0.2) is 0 Å². The Morgan fingerprint density at radius 3 is 1.65 bits per heavy atom. The van der Waals surface area contributed by atoms with Gasteiger partial charge in [0.05, 0.1) is 0 Å². The van der Waals surface area contributed by atoms with Crippen LogP contribution in [0.25, 0.3) is 88.3 Å². The number of anilines is 3. The standard InChI is InChI=1S/C61H51B8NO/c1-61(2)44-23-9-8-19-40(44)41-21-11-22-42(49(41)61)48-52(64)56(68)59(57(69)53(48)65)70(58-54(66)50(62)46(51(63)55(58)67)35-27-25-33(26-28-35)32-13-4-3-5-14-32)37-17-10-16-36(31-37)38-20-12-24-45-47(38)43-30-29-34-15-6-7-18-39(34)60(43)71-45/h3-31H,62-69H2,1-2H3. The third kappa shape index (κ3) is 6.81. The molecule has 0 radical (unpaired) electrons. The molecule has 10 heteroatoms.